The fourth-order valence-electron chi connectivity index (χ4n) is 2.20. The second-order valence-electron chi connectivity index (χ2n) is 5.54. The number of pyridine rings is 1. The minimum Gasteiger partial charge on any atom is -0.348 e. The molecule has 2 N–H and O–H groups in total. The zero-order chi connectivity index (χ0) is 19.3. The van der Waals surface area contributed by atoms with Crippen molar-refractivity contribution in [2.24, 2.45) is 0 Å². The minimum atomic E-state index is -4.44. The Morgan fingerprint density at radius 2 is 1.74 bits per heavy atom. The smallest absolute Gasteiger partial charge is 0.348 e. The molecule has 0 aliphatic carbocycles. The lowest BCUT2D eigenvalue weighted by atomic mass is 10.2. The zero-order valence-electron chi connectivity index (χ0n) is 13.9. The highest BCUT2D eigenvalue weighted by Crippen LogP contribution is 2.31. The molecule has 0 saturated heterocycles. The first-order valence-electron chi connectivity index (χ1n) is 7.85. The van der Waals surface area contributed by atoms with E-state index in [1.165, 1.54) is 24.5 Å². The third kappa shape index (κ3) is 5.00. The second-order valence-corrected chi connectivity index (χ2v) is 5.54. The van der Waals surface area contributed by atoms with Crippen LogP contribution in [0.4, 0.5) is 24.8 Å². The van der Waals surface area contributed by atoms with Gasteiger partial charge in [0, 0.05) is 37.0 Å². The summed E-state index contributed by atoms with van der Waals surface area (Å²) < 4.78 is 38.2. The number of hydrogen-bond acceptors (Lipinski definition) is 5. The Morgan fingerprint density at radius 1 is 1.04 bits per heavy atom. The van der Waals surface area contributed by atoms with Gasteiger partial charge in [-0.3, -0.25) is 9.78 Å². The topological polar surface area (TPSA) is 79.8 Å². The molecule has 0 radical (unpaired) electrons. The van der Waals surface area contributed by atoms with E-state index >= 15 is 0 Å². The number of benzene rings is 1. The molecule has 0 spiro atoms. The van der Waals surface area contributed by atoms with Crippen LogP contribution in [0.5, 0.6) is 0 Å². The first-order chi connectivity index (χ1) is 12.9. The molecule has 0 saturated carbocycles. The molecule has 2 heterocycles. The van der Waals surface area contributed by atoms with Gasteiger partial charge < -0.3 is 10.6 Å². The number of amides is 1. The van der Waals surface area contributed by atoms with Crippen LogP contribution in [0.3, 0.4) is 0 Å². The molecule has 0 bridgehead atoms. The largest absolute Gasteiger partial charge is 0.416 e. The molecule has 1 aromatic carbocycles. The van der Waals surface area contributed by atoms with Crippen LogP contribution in [0.2, 0.25) is 0 Å². The van der Waals surface area contributed by atoms with Crippen LogP contribution in [0, 0.1) is 0 Å². The predicted molar refractivity (Wildman–Crippen MR) is 92.2 cm³/mol. The van der Waals surface area contributed by atoms with Gasteiger partial charge in [-0.15, -0.1) is 0 Å². The van der Waals surface area contributed by atoms with E-state index in [-0.39, 0.29) is 23.1 Å². The lowest BCUT2D eigenvalue weighted by molar-refractivity contribution is -0.137. The maximum atomic E-state index is 12.7. The van der Waals surface area contributed by atoms with Gasteiger partial charge in [0.15, 0.2) is 0 Å². The van der Waals surface area contributed by atoms with Gasteiger partial charge in [-0.05, 0) is 35.9 Å². The monoisotopic (exact) mass is 373 g/mol. The van der Waals surface area contributed by atoms with Crippen LogP contribution < -0.4 is 10.6 Å². The average Bonchev–Trinajstić information content (AvgIpc) is 2.67. The van der Waals surface area contributed by atoms with Gasteiger partial charge in [0.25, 0.3) is 5.91 Å². The number of nitrogens with one attached hydrogen (secondary N) is 2. The van der Waals surface area contributed by atoms with Gasteiger partial charge in [-0.25, -0.2) is 9.97 Å². The van der Waals surface area contributed by atoms with Crippen molar-refractivity contribution in [2.75, 3.05) is 5.32 Å². The molecule has 27 heavy (non-hydrogen) atoms. The molecule has 1 amide bonds. The number of carbonyl (C=O) groups is 1. The Morgan fingerprint density at radius 3 is 2.41 bits per heavy atom. The summed E-state index contributed by atoms with van der Waals surface area (Å²) in [5.41, 5.74) is 0.542. The Labute approximate surface area is 152 Å². The molecule has 3 aromatic rings. The molecular weight excluding hydrogens is 359 g/mol. The van der Waals surface area contributed by atoms with E-state index in [2.05, 4.69) is 25.6 Å². The summed E-state index contributed by atoms with van der Waals surface area (Å²) in [6.07, 6.45) is 1.41. The number of anilines is 2. The molecule has 0 atom stereocenters. The van der Waals surface area contributed by atoms with Gasteiger partial charge >= 0.3 is 6.18 Å². The minimum absolute atomic E-state index is 0.0833. The van der Waals surface area contributed by atoms with Crippen LogP contribution in [0.15, 0.2) is 61.2 Å². The van der Waals surface area contributed by atoms with Crippen molar-refractivity contribution in [1.82, 2.24) is 20.3 Å². The Hall–Kier alpha value is -3.49. The lowest BCUT2D eigenvalue weighted by Gasteiger charge is -2.10. The summed E-state index contributed by atoms with van der Waals surface area (Å²) in [5, 5.41) is 5.40. The summed E-state index contributed by atoms with van der Waals surface area (Å²) >= 11 is 0. The van der Waals surface area contributed by atoms with Crippen LogP contribution in [0.1, 0.15) is 21.5 Å². The fourth-order valence-corrected chi connectivity index (χ4v) is 2.20. The Balaban J connectivity index is 1.62. The van der Waals surface area contributed by atoms with Crippen LogP contribution in [-0.4, -0.2) is 20.9 Å². The number of rotatable bonds is 5. The number of aromatic nitrogens is 3. The van der Waals surface area contributed by atoms with Gasteiger partial charge in [-0.1, -0.05) is 6.07 Å². The molecular formula is C18H14F3N5O. The summed E-state index contributed by atoms with van der Waals surface area (Å²) in [4.78, 5) is 23.9. The van der Waals surface area contributed by atoms with Gasteiger partial charge in [0.2, 0.25) is 5.95 Å². The van der Waals surface area contributed by atoms with E-state index in [0.29, 0.717) is 6.54 Å². The van der Waals surface area contributed by atoms with Crippen molar-refractivity contribution >= 4 is 17.5 Å². The van der Waals surface area contributed by atoms with Gasteiger partial charge in [-0.2, -0.15) is 13.2 Å². The van der Waals surface area contributed by atoms with E-state index in [9.17, 15) is 18.0 Å². The van der Waals surface area contributed by atoms with Crippen molar-refractivity contribution in [3.05, 3.63) is 77.9 Å². The Kier molecular flexibility index (Phi) is 5.30. The highest BCUT2D eigenvalue weighted by molar-refractivity contribution is 5.93. The third-order valence-electron chi connectivity index (χ3n) is 3.56. The summed E-state index contributed by atoms with van der Waals surface area (Å²) in [6.45, 7) is 0.325. The van der Waals surface area contributed by atoms with Gasteiger partial charge in [0.1, 0.15) is 0 Å². The third-order valence-corrected chi connectivity index (χ3v) is 3.56. The van der Waals surface area contributed by atoms with E-state index in [1.54, 1.807) is 24.5 Å². The van der Waals surface area contributed by atoms with Crippen molar-refractivity contribution in [3.63, 3.8) is 0 Å². The summed E-state index contributed by atoms with van der Waals surface area (Å²) in [5.74, 6) is -0.280. The van der Waals surface area contributed by atoms with E-state index in [1.807, 2.05) is 0 Å². The molecule has 0 aliphatic rings. The molecule has 3 rings (SSSR count). The van der Waals surface area contributed by atoms with Crippen LogP contribution in [-0.2, 0) is 12.7 Å². The first kappa shape index (κ1) is 18.3. The lowest BCUT2D eigenvalue weighted by Crippen LogP contribution is -2.23. The Bertz CT molecular complexity index is 914. The number of carbonyl (C=O) groups excluding carboxylic acids is 1. The number of hydrogen-bond donors (Lipinski definition) is 2. The molecule has 6 nitrogen and oxygen atoms in total. The molecule has 138 valence electrons. The van der Waals surface area contributed by atoms with Crippen molar-refractivity contribution in [1.29, 1.82) is 0 Å². The highest BCUT2D eigenvalue weighted by Gasteiger charge is 2.30. The van der Waals surface area contributed by atoms with Crippen molar-refractivity contribution < 1.29 is 18.0 Å². The first-order valence-corrected chi connectivity index (χ1v) is 7.85. The second kappa shape index (κ2) is 7.81. The number of halogens is 3. The number of alkyl halides is 3. The predicted octanol–water partition coefficient (Wildman–Crippen LogP) is 3.56. The van der Waals surface area contributed by atoms with Crippen LogP contribution in [0.25, 0.3) is 0 Å². The zero-order valence-corrected chi connectivity index (χ0v) is 13.9. The molecule has 2 aromatic heterocycles. The van der Waals surface area contributed by atoms with E-state index in [4.69, 9.17) is 0 Å². The summed E-state index contributed by atoms with van der Waals surface area (Å²) in [6, 6.07) is 8.23. The normalized spacial score (nSPS) is 11.1. The maximum absolute atomic E-state index is 12.7. The molecule has 9 heteroatoms. The molecule has 0 unspecified atom stereocenters. The average molecular weight is 373 g/mol. The van der Waals surface area contributed by atoms with Crippen molar-refractivity contribution in [2.45, 2.75) is 12.7 Å². The van der Waals surface area contributed by atoms with Crippen molar-refractivity contribution in [3.8, 4) is 0 Å². The van der Waals surface area contributed by atoms with E-state index in [0.717, 1.165) is 17.7 Å². The molecule has 0 aliphatic heterocycles. The van der Waals surface area contributed by atoms with E-state index < -0.39 is 11.7 Å². The molecule has 0 fully saturated rings. The highest BCUT2D eigenvalue weighted by atomic mass is 19.4. The maximum Gasteiger partial charge on any atom is 0.416 e. The fraction of sp³-hybridized carbons (Fsp3) is 0.111. The summed E-state index contributed by atoms with van der Waals surface area (Å²) in [7, 11) is 0. The van der Waals surface area contributed by atoms with Crippen LogP contribution >= 0.6 is 0 Å². The quantitative estimate of drug-likeness (QED) is 0.715. The van der Waals surface area contributed by atoms with Gasteiger partial charge in [0.05, 0.1) is 11.1 Å². The standard InChI is InChI=1S/C18H14F3N5O/c19-18(20,21)14-2-1-3-15(8-14)26-17-24-10-13(11-25-17)16(27)23-9-12-4-6-22-7-5-12/h1-8,10-11H,9H2,(H,23,27)(H,24,25,26). The SMILES string of the molecule is O=C(NCc1ccncc1)c1cnc(Nc2cccc(C(F)(F)F)c2)nc1. The number of nitrogens with zero attached hydrogens (tertiary/aromatic N) is 3.